The van der Waals surface area contributed by atoms with Gasteiger partial charge in [0.1, 0.15) is 0 Å². The van der Waals surface area contributed by atoms with Gasteiger partial charge >= 0.3 is 0 Å². The highest BCUT2D eigenvalue weighted by atomic mass is 15.2. The summed E-state index contributed by atoms with van der Waals surface area (Å²) in [4.78, 5) is 15.7. The van der Waals surface area contributed by atoms with Crippen LogP contribution in [0, 0.1) is 0 Å². The number of rotatable bonds is 4. The van der Waals surface area contributed by atoms with E-state index in [1.54, 1.807) is 0 Å². The molecule has 236 valence electrons. The normalized spacial score (nSPS) is 13.2. The van der Waals surface area contributed by atoms with Gasteiger partial charge in [0.2, 0.25) is 5.95 Å². The molecule has 0 unspecified atom stereocenters. The van der Waals surface area contributed by atoms with Crippen LogP contribution in [0.2, 0.25) is 0 Å². The Morgan fingerprint density at radius 1 is 0.460 bits per heavy atom. The maximum absolute atomic E-state index is 5.32. The molecule has 1 aliphatic rings. The predicted molar refractivity (Wildman–Crippen MR) is 206 cm³/mol. The summed E-state index contributed by atoms with van der Waals surface area (Å²) in [6, 6.07) is 55.7. The maximum atomic E-state index is 5.32. The first kappa shape index (κ1) is 28.6. The first-order chi connectivity index (χ1) is 24.6. The van der Waals surface area contributed by atoms with E-state index in [0.29, 0.717) is 17.6 Å². The number of nitrogens with zero attached hydrogens (tertiary/aromatic N) is 4. The molecule has 0 atom stereocenters. The Kier molecular flexibility index (Phi) is 6.19. The number of hydrogen-bond acceptors (Lipinski definition) is 3. The van der Waals surface area contributed by atoms with Gasteiger partial charge in [-0.2, -0.15) is 9.97 Å². The fourth-order valence-corrected chi connectivity index (χ4v) is 8.15. The number of benzene rings is 7. The van der Waals surface area contributed by atoms with Gasteiger partial charge < -0.3 is 0 Å². The molecule has 0 radical (unpaired) electrons. The molecule has 2 aromatic heterocycles. The molecule has 4 nitrogen and oxygen atoms in total. The van der Waals surface area contributed by atoms with Gasteiger partial charge in [-0.25, -0.2) is 4.98 Å². The first-order valence-electron chi connectivity index (χ1n) is 17.1. The van der Waals surface area contributed by atoms with E-state index in [1.807, 2.05) is 24.3 Å². The Morgan fingerprint density at radius 2 is 0.980 bits per heavy atom. The molecule has 0 N–H and O–H groups in total. The van der Waals surface area contributed by atoms with E-state index in [4.69, 9.17) is 15.0 Å². The Labute approximate surface area is 290 Å². The lowest BCUT2D eigenvalue weighted by molar-refractivity contribution is 0.663. The van der Waals surface area contributed by atoms with Crippen LogP contribution in [-0.2, 0) is 5.41 Å². The van der Waals surface area contributed by atoms with Crippen LogP contribution in [0.3, 0.4) is 0 Å². The molecule has 0 fully saturated rings. The molecule has 0 amide bonds. The highest BCUT2D eigenvalue weighted by Crippen LogP contribution is 2.56. The average Bonchev–Trinajstić information content (AvgIpc) is 3.65. The van der Waals surface area contributed by atoms with Gasteiger partial charge in [-0.15, -0.1) is 0 Å². The fraction of sp³-hybridized carbons (Fsp3) is 0.0652. The summed E-state index contributed by atoms with van der Waals surface area (Å²) in [6.07, 6.45) is 0. The van der Waals surface area contributed by atoms with E-state index in [-0.39, 0.29) is 5.41 Å². The topological polar surface area (TPSA) is 43.6 Å². The Balaban J connectivity index is 1.32. The van der Waals surface area contributed by atoms with Gasteiger partial charge in [0.05, 0.1) is 11.0 Å². The average molecular weight is 641 g/mol. The van der Waals surface area contributed by atoms with Crippen LogP contribution in [0.25, 0.3) is 83.6 Å². The molecule has 9 aromatic rings. The third kappa shape index (κ3) is 4.15. The SMILES string of the molecule is CC1(C)c2ccccc2-c2c1c1c(c3ccccc23)c2ccccc2n1-c1nc(-c2ccccc2)nc(-c2ccc(-c3ccccc3)cc2)n1. The zero-order valence-electron chi connectivity index (χ0n) is 27.8. The van der Waals surface area contributed by atoms with Gasteiger partial charge in [-0.05, 0) is 50.2 Å². The lowest BCUT2D eigenvalue weighted by Gasteiger charge is -2.24. The van der Waals surface area contributed by atoms with Crippen molar-refractivity contribution in [2.45, 2.75) is 19.3 Å². The van der Waals surface area contributed by atoms with Gasteiger partial charge in [0, 0.05) is 27.3 Å². The van der Waals surface area contributed by atoms with Crippen molar-refractivity contribution in [2.24, 2.45) is 0 Å². The summed E-state index contributed by atoms with van der Waals surface area (Å²) in [6.45, 7) is 4.72. The molecule has 0 aliphatic heterocycles. The molecule has 10 rings (SSSR count). The molecular formula is C46H32N4. The lowest BCUT2D eigenvalue weighted by atomic mass is 9.80. The van der Waals surface area contributed by atoms with E-state index in [9.17, 15) is 0 Å². The van der Waals surface area contributed by atoms with Crippen molar-refractivity contribution >= 4 is 32.6 Å². The zero-order chi connectivity index (χ0) is 33.4. The zero-order valence-corrected chi connectivity index (χ0v) is 27.8. The molecule has 1 aliphatic carbocycles. The summed E-state index contributed by atoms with van der Waals surface area (Å²) in [7, 11) is 0. The smallest absolute Gasteiger partial charge is 0.238 e. The molecule has 4 heteroatoms. The predicted octanol–water partition coefficient (Wildman–Crippen LogP) is 11.4. The van der Waals surface area contributed by atoms with Crippen LogP contribution in [0.5, 0.6) is 0 Å². The quantitative estimate of drug-likeness (QED) is 0.192. The monoisotopic (exact) mass is 640 g/mol. The van der Waals surface area contributed by atoms with E-state index >= 15 is 0 Å². The molecule has 0 spiro atoms. The highest BCUT2D eigenvalue weighted by molar-refractivity contribution is 6.26. The van der Waals surface area contributed by atoms with E-state index in [0.717, 1.165) is 27.7 Å². The number of hydrogen-bond donors (Lipinski definition) is 0. The Bertz CT molecular complexity index is 2760. The molecule has 50 heavy (non-hydrogen) atoms. The highest BCUT2D eigenvalue weighted by Gasteiger charge is 2.40. The van der Waals surface area contributed by atoms with Gasteiger partial charge in [0.15, 0.2) is 11.6 Å². The largest absolute Gasteiger partial charge is 0.277 e. The van der Waals surface area contributed by atoms with Crippen LogP contribution >= 0.6 is 0 Å². The lowest BCUT2D eigenvalue weighted by Crippen LogP contribution is -2.17. The maximum Gasteiger partial charge on any atom is 0.238 e. The van der Waals surface area contributed by atoms with Crippen molar-refractivity contribution in [3.8, 4) is 51.0 Å². The summed E-state index contributed by atoms with van der Waals surface area (Å²) in [5, 5.41) is 4.92. The Morgan fingerprint density at radius 3 is 1.70 bits per heavy atom. The van der Waals surface area contributed by atoms with Crippen molar-refractivity contribution in [1.82, 2.24) is 19.5 Å². The molecule has 0 bridgehead atoms. The third-order valence-electron chi connectivity index (χ3n) is 10.4. The first-order valence-corrected chi connectivity index (χ1v) is 17.1. The van der Waals surface area contributed by atoms with Crippen molar-refractivity contribution < 1.29 is 0 Å². The summed E-state index contributed by atoms with van der Waals surface area (Å²) in [5.74, 6) is 1.89. The molecule has 7 aromatic carbocycles. The van der Waals surface area contributed by atoms with Gasteiger partial charge in [-0.1, -0.05) is 166 Å². The second-order valence-electron chi connectivity index (χ2n) is 13.6. The third-order valence-corrected chi connectivity index (χ3v) is 10.4. The van der Waals surface area contributed by atoms with Crippen LogP contribution in [0.1, 0.15) is 25.0 Å². The number of fused-ring (bicyclic) bond motifs is 10. The van der Waals surface area contributed by atoms with Gasteiger partial charge in [-0.3, -0.25) is 4.57 Å². The minimum absolute atomic E-state index is 0.258. The summed E-state index contributed by atoms with van der Waals surface area (Å²) < 4.78 is 2.31. The van der Waals surface area contributed by atoms with Crippen LogP contribution in [0.4, 0.5) is 0 Å². The van der Waals surface area contributed by atoms with Gasteiger partial charge in [0.25, 0.3) is 0 Å². The minimum atomic E-state index is -0.258. The van der Waals surface area contributed by atoms with E-state index in [1.165, 1.54) is 49.4 Å². The van der Waals surface area contributed by atoms with Crippen LogP contribution in [0.15, 0.2) is 158 Å². The molecular weight excluding hydrogens is 609 g/mol. The van der Waals surface area contributed by atoms with Crippen molar-refractivity contribution in [1.29, 1.82) is 0 Å². The van der Waals surface area contributed by atoms with Crippen molar-refractivity contribution in [3.05, 3.63) is 169 Å². The second kappa shape index (κ2) is 10.8. The molecule has 0 saturated heterocycles. The van der Waals surface area contributed by atoms with Crippen LogP contribution < -0.4 is 0 Å². The fourth-order valence-electron chi connectivity index (χ4n) is 8.15. The summed E-state index contributed by atoms with van der Waals surface area (Å²) in [5.41, 5.74) is 11.4. The minimum Gasteiger partial charge on any atom is -0.277 e. The van der Waals surface area contributed by atoms with Crippen molar-refractivity contribution in [2.75, 3.05) is 0 Å². The van der Waals surface area contributed by atoms with Crippen LogP contribution in [-0.4, -0.2) is 19.5 Å². The Hall–Kier alpha value is -6.39. The number of aromatic nitrogens is 4. The van der Waals surface area contributed by atoms with Crippen molar-refractivity contribution in [3.63, 3.8) is 0 Å². The standard InChI is InChI=1S/C46H32N4/c1-46(2)37-23-13-11-21-35(37)39-33-19-9-10-20-34(33)40-36-22-12-14-24-38(36)50(42(40)41(39)46)45-48-43(31-17-7-4-8-18-31)47-44(49-45)32-27-25-30(26-28-32)29-15-5-3-6-16-29/h3-28H,1-2H3. The number of para-hydroxylation sites is 1. The summed E-state index contributed by atoms with van der Waals surface area (Å²) >= 11 is 0. The second-order valence-corrected chi connectivity index (χ2v) is 13.6. The molecule has 0 saturated carbocycles. The molecule has 2 heterocycles. The van der Waals surface area contributed by atoms with E-state index in [2.05, 4.69) is 152 Å². The van der Waals surface area contributed by atoms with E-state index < -0.39 is 0 Å².